The Morgan fingerprint density at radius 1 is 1.64 bits per heavy atom. The van der Waals surface area contributed by atoms with Crippen molar-refractivity contribution < 1.29 is 4.42 Å². The van der Waals surface area contributed by atoms with Gasteiger partial charge in [-0.25, -0.2) is 4.98 Å². The van der Waals surface area contributed by atoms with Crippen LogP contribution in [0.1, 0.15) is 21.5 Å². The monoisotopic (exact) mass is 208 g/mol. The number of aryl methyl sites for hydroxylation is 1. The molecule has 74 valence electrons. The smallest absolute Gasteiger partial charge is 0.0935 e. The summed E-state index contributed by atoms with van der Waals surface area (Å²) in [6.07, 6.45) is 6.05. The van der Waals surface area contributed by atoms with E-state index in [2.05, 4.69) is 4.98 Å². The van der Waals surface area contributed by atoms with Gasteiger partial charge in [-0.05, 0) is 25.0 Å². The van der Waals surface area contributed by atoms with Gasteiger partial charge in [0.05, 0.1) is 17.5 Å². The molecule has 2 N–H and O–H groups in total. The molecule has 0 amide bonds. The number of nitrogens with zero attached hydrogens (tertiary/aromatic N) is 1. The summed E-state index contributed by atoms with van der Waals surface area (Å²) in [6, 6.07) is 1.96. The molecule has 0 fully saturated rings. The molecule has 0 radical (unpaired) electrons. The SMILES string of the molecule is Cc1ncc(C(N)Cc2ccoc2)s1. The van der Waals surface area contributed by atoms with Crippen molar-refractivity contribution >= 4 is 11.3 Å². The van der Waals surface area contributed by atoms with Gasteiger partial charge in [0.1, 0.15) is 0 Å². The van der Waals surface area contributed by atoms with Crippen LogP contribution < -0.4 is 5.73 Å². The Labute approximate surface area is 86.6 Å². The van der Waals surface area contributed by atoms with E-state index in [0.717, 1.165) is 21.9 Å². The molecule has 1 atom stereocenters. The fourth-order valence-electron chi connectivity index (χ4n) is 1.31. The number of thiazole rings is 1. The van der Waals surface area contributed by atoms with Crippen molar-refractivity contribution in [3.8, 4) is 0 Å². The topological polar surface area (TPSA) is 52.0 Å². The maximum absolute atomic E-state index is 6.03. The fraction of sp³-hybridized carbons (Fsp3) is 0.300. The summed E-state index contributed by atoms with van der Waals surface area (Å²) in [6.45, 7) is 1.98. The Balaban J connectivity index is 2.06. The molecule has 2 heterocycles. The lowest BCUT2D eigenvalue weighted by Crippen LogP contribution is -2.11. The van der Waals surface area contributed by atoms with Gasteiger partial charge in [-0.2, -0.15) is 0 Å². The highest BCUT2D eigenvalue weighted by molar-refractivity contribution is 7.11. The zero-order valence-corrected chi connectivity index (χ0v) is 8.75. The van der Waals surface area contributed by atoms with Gasteiger partial charge >= 0.3 is 0 Å². The summed E-state index contributed by atoms with van der Waals surface area (Å²) in [5.41, 5.74) is 7.16. The van der Waals surface area contributed by atoms with E-state index in [1.165, 1.54) is 0 Å². The molecule has 0 saturated heterocycles. The van der Waals surface area contributed by atoms with Crippen LogP contribution in [0.3, 0.4) is 0 Å². The molecular weight excluding hydrogens is 196 g/mol. The molecule has 3 nitrogen and oxygen atoms in total. The summed E-state index contributed by atoms with van der Waals surface area (Å²) in [7, 11) is 0. The second-order valence-electron chi connectivity index (χ2n) is 3.22. The minimum Gasteiger partial charge on any atom is -0.472 e. The normalized spacial score (nSPS) is 13.0. The molecule has 0 aliphatic heterocycles. The Bertz CT molecular complexity index is 394. The summed E-state index contributed by atoms with van der Waals surface area (Å²) in [4.78, 5) is 5.31. The van der Waals surface area contributed by atoms with Gasteiger partial charge in [0, 0.05) is 17.1 Å². The maximum Gasteiger partial charge on any atom is 0.0935 e. The highest BCUT2D eigenvalue weighted by atomic mass is 32.1. The average Bonchev–Trinajstić information content (AvgIpc) is 2.75. The lowest BCUT2D eigenvalue weighted by atomic mass is 10.1. The third-order valence-electron chi connectivity index (χ3n) is 2.04. The molecule has 0 aliphatic carbocycles. The van der Waals surface area contributed by atoms with Gasteiger partial charge in [-0.1, -0.05) is 0 Å². The zero-order valence-electron chi connectivity index (χ0n) is 7.93. The van der Waals surface area contributed by atoms with Crippen LogP contribution in [0.15, 0.2) is 29.2 Å². The third kappa shape index (κ3) is 2.02. The van der Waals surface area contributed by atoms with Crippen LogP contribution in [0.4, 0.5) is 0 Å². The van der Waals surface area contributed by atoms with E-state index in [-0.39, 0.29) is 6.04 Å². The lowest BCUT2D eigenvalue weighted by Gasteiger charge is -2.05. The van der Waals surface area contributed by atoms with E-state index < -0.39 is 0 Å². The van der Waals surface area contributed by atoms with Crippen LogP contribution in [0.2, 0.25) is 0 Å². The number of hydrogen-bond donors (Lipinski definition) is 1. The van der Waals surface area contributed by atoms with Crippen molar-refractivity contribution in [3.05, 3.63) is 40.2 Å². The first kappa shape index (κ1) is 9.43. The number of rotatable bonds is 3. The molecule has 0 aliphatic rings. The van der Waals surface area contributed by atoms with Crippen LogP contribution in [0.5, 0.6) is 0 Å². The average molecular weight is 208 g/mol. The van der Waals surface area contributed by atoms with Crippen LogP contribution >= 0.6 is 11.3 Å². The van der Waals surface area contributed by atoms with E-state index in [1.54, 1.807) is 23.9 Å². The van der Waals surface area contributed by atoms with Crippen molar-refractivity contribution in [1.82, 2.24) is 4.98 Å². The molecule has 2 aromatic heterocycles. The Morgan fingerprint density at radius 3 is 3.07 bits per heavy atom. The summed E-state index contributed by atoms with van der Waals surface area (Å²) < 4.78 is 4.99. The summed E-state index contributed by atoms with van der Waals surface area (Å²) in [5, 5.41) is 1.06. The lowest BCUT2D eigenvalue weighted by molar-refractivity contribution is 0.561. The molecular formula is C10H12N2OS. The molecule has 4 heteroatoms. The van der Waals surface area contributed by atoms with Crippen molar-refractivity contribution in [2.24, 2.45) is 5.73 Å². The van der Waals surface area contributed by atoms with Gasteiger partial charge in [-0.15, -0.1) is 11.3 Å². The number of furan rings is 1. The molecule has 0 aromatic carbocycles. The Morgan fingerprint density at radius 2 is 2.50 bits per heavy atom. The highest BCUT2D eigenvalue weighted by Crippen LogP contribution is 2.21. The molecule has 0 spiro atoms. The fourth-order valence-corrected chi connectivity index (χ4v) is 2.10. The predicted octanol–water partition coefficient (Wildman–Crippen LogP) is 2.29. The van der Waals surface area contributed by atoms with E-state index in [9.17, 15) is 0 Å². The minimum absolute atomic E-state index is 0.0267. The zero-order chi connectivity index (χ0) is 9.97. The molecule has 1 unspecified atom stereocenters. The van der Waals surface area contributed by atoms with Crippen LogP contribution in [0.25, 0.3) is 0 Å². The molecule has 2 aromatic rings. The summed E-state index contributed by atoms with van der Waals surface area (Å²) >= 11 is 1.65. The van der Waals surface area contributed by atoms with Crippen molar-refractivity contribution in [1.29, 1.82) is 0 Å². The van der Waals surface area contributed by atoms with Gasteiger partial charge in [-0.3, -0.25) is 0 Å². The van der Waals surface area contributed by atoms with Crippen molar-refractivity contribution in [2.75, 3.05) is 0 Å². The van der Waals surface area contributed by atoms with E-state index in [4.69, 9.17) is 10.2 Å². The highest BCUT2D eigenvalue weighted by Gasteiger charge is 2.10. The van der Waals surface area contributed by atoms with Crippen LogP contribution in [0, 0.1) is 6.92 Å². The molecule has 2 rings (SSSR count). The Kier molecular flexibility index (Phi) is 2.65. The van der Waals surface area contributed by atoms with Gasteiger partial charge in [0.25, 0.3) is 0 Å². The van der Waals surface area contributed by atoms with Gasteiger partial charge in [0.15, 0.2) is 0 Å². The number of aromatic nitrogens is 1. The molecule has 0 bridgehead atoms. The second kappa shape index (κ2) is 3.94. The van der Waals surface area contributed by atoms with Crippen LogP contribution in [-0.4, -0.2) is 4.98 Å². The number of hydrogen-bond acceptors (Lipinski definition) is 4. The Hall–Kier alpha value is -1.13. The van der Waals surface area contributed by atoms with E-state index >= 15 is 0 Å². The third-order valence-corrected chi connectivity index (χ3v) is 3.08. The predicted molar refractivity (Wildman–Crippen MR) is 56.2 cm³/mol. The molecule has 0 saturated carbocycles. The summed E-state index contributed by atoms with van der Waals surface area (Å²) in [5.74, 6) is 0. The van der Waals surface area contributed by atoms with Gasteiger partial charge < -0.3 is 10.2 Å². The quantitative estimate of drug-likeness (QED) is 0.842. The second-order valence-corrected chi connectivity index (χ2v) is 4.49. The minimum atomic E-state index is 0.0267. The first-order valence-corrected chi connectivity index (χ1v) is 5.26. The standard InChI is InChI=1S/C10H12N2OS/c1-7-12-5-10(14-7)9(11)4-8-2-3-13-6-8/h2-3,5-6,9H,4,11H2,1H3. The first-order valence-electron chi connectivity index (χ1n) is 4.44. The van der Waals surface area contributed by atoms with Gasteiger partial charge in [0.2, 0.25) is 0 Å². The van der Waals surface area contributed by atoms with E-state index in [0.29, 0.717) is 0 Å². The van der Waals surface area contributed by atoms with Crippen molar-refractivity contribution in [2.45, 2.75) is 19.4 Å². The van der Waals surface area contributed by atoms with Crippen molar-refractivity contribution in [3.63, 3.8) is 0 Å². The first-order chi connectivity index (χ1) is 6.75. The maximum atomic E-state index is 6.03. The number of nitrogens with two attached hydrogens (primary N) is 1. The van der Waals surface area contributed by atoms with E-state index in [1.807, 2.05) is 19.2 Å². The van der Waals surface area contributed by atoms with Crippen LogP contribution in [-0.2, 0) is 6.42 Å². The molecule has 14 heavy (non-hydrogen) atoms. The largest absolute Gasteiger partial charge is 0.472 e.